The molecule has 2 aromatic carbocycles. The Hall–Kier alpha value is -3.73. The number of para-hydroxylation sites is 1. The van der Waals surface area contributed by atoms with Gasteiger partial charge in [0.1, 0.15) is 5.69 Å². The second-order valence-corrected chi connectivity index (χ2v) is 10.7. The summed E-state index contributed by atoms with van der Waals surface area (Å²) in [6.07, 6.45) is 5.89. The molecule has 2 aromatic rings. The first-order valence-corrected chi connectivity index (χ1v) is 12.1. The van der Waals surface area contributed by atoms with Gasteiger partial charge in [0, 0.05) is 6.07 Å². The number of nitro groups is 1. The predicted molar refractivity (Wildman–Crippen MR) is 127 cm³/mol. The molecule has 178 valence electrons. The normalized spacial score (nSPS) is 20.8. The SMILES string of the molecule is CC1(C)C2CC=C(C=NNc3ccc(S(=O)(=O)Nc4ccccc4C(=O)O)cc3[N+](=O)[O-])C1C2. The molecule has 11 heteroatoms. The van der Waals surface area contributed by atoms with Gasteiger partial charge in [-0.1, -0.05) is 32.1 Å². The Morgan fingerprint density at radius 3 is 2.62 bits per heavy atom. The van der Waals surface area contributed by atoms with Crippen LogP contribution in [0.15, 0.2) is 64.1 Å². The number of rotatable bonds is 8. The molecule has 0 radical (unpaired) electrons. The van der Waals surface area contributed by atoms with Gasteiger partial charge in [-0.2, -0.15) is 5.10 Å². The highest BCUT2D eigenvalue weighted by Gasteiger charge is 2.50. The molecule has 34 heavy (non-hydrogen) atoms. The maximum absolute atomic E-state index is 12.8. The number of fused-ring (bicyclic) bond motifs is 1. The number of anilines is 2. The molecule has 10 nitrogen and oxygen atoms in total. The Kier molecular flexibility index (Phi) is 5.90. The summed E-state index contributed by atoms with van der Waals surface area (Å²) in [6, 6.07) is 8.84. The zero-order valence-corrected chi connectivity index (χ0v) is 19.4. The molecule has 2 bridgehead atoms. The summed E-state index contributed by atoms with van der Waals surface area (Å²) in [5, 5.41) is 25.0. The lowest BCUT2D eigenvalue weighted by molar-refractivity contribution is -0.384. The van der Waals surface area contributed by atoms with Gasteiger partial charge in [-0.15, -0.1) is 0 Å². The summed E-state index contributed by atoms with van der Waals surface area (Å²) in [4.78, 5) is 21.9. The standard InChI is InChI=1S/C23H24N4O6S/c1-23(2)15-8-7-14(18(23)11-15)13-24-25-20-10-9-16(12-21(20)27(30)31)34(32,33)26-19-6-4-3-5-17(19)22(28)29/h3-7,9-10,12-13,15,18,25-26H,8,11H2,1-2H3,(H,28,29). The second-order valence-electron chi connectivity index (χ2n) is 9.01. The molecular weight excluding hydrogens is 460 g/mol. The van der Waals surface area contributed by atoms with Gasteiger partial charge >= 0.3 is 5.97 Å². The predicted octanol–water partition coefficient (Wildman–Crippen LogP) is 4.48. The molecule has 0 amide bonds. The van der Waals surface area contributed by atoms with E-state index >= 15 is 0 Å². The average molecular weight is 485 g/mol. The molecule has 3 aliphatic carbocycles. The Morgan fingerprint density at radius 2 is 1.97 bits per heavy atom. The number of carboxylic acids is 1. The number of carboxylic acid groups (broad SMARTS) is 1. The van der Waals surface area contributed by atoms with Crippen molar-refractivity contribution in [2.24, 2.45) is 22.4 Å². The highest BCUT2D eigenvalue weighted by Crippen LogP contribution is 2.58. The lowest BCUT2D eigenvalue weighted by atomic mass is 9.49. The molecule has 3 N–H and O–H groups in total. The summed E-state index contributed by atoms with van der Waals surface area (Å²) >= 11 is 0. The van der Waals surface area contributed by atoms with Crippen LogP contribution in [-0.4, -0.2) is 30.6 Å². The van der Waals surface area contributed by atoms with E-state index in [1.165, 1.54) is 36.4 Å². The topological polar surface area (TPSA) is 151 Å². The van der Waals surface area contributed by atoms with E-state index in [1.54, 1.807) is 6.21 Å². The molecule has 0 aromatic heterocycles. The van der Waals surface area contributed by atoms with E-state index in [9.17, 15) is 28.4 Å². The number of nitro benzene ring substituents is 1. The van der Waals surface area contributed by atoms with Gasteiger partial charge in [0.25, 0.3) is 15.7 Å². The number of carbonyl (C=O) groups is 1. The third-order valence-corrected chi connectivity index (χ3v) is 8.15. The molecule has 5 rings (SSSR count). The van der Waals surface area contributed by atoms with Gasteiger partial charge in [0.2, 0.25) is 0 Å². The van der Waals surface area contributed by atoms with Crippen LogP contribution in [0.5, 0.6) is 0 Å². The van der Waals surface area contributed by atoms with E-state index in [4.69, 9.17) is 0 Å². The van der Waals surface area contributed by atoms with Crippen molar-refractivity contribution in [3.05, 3.63) is 69.8 Å². The van der Waals surface area contributed by atoms with Crippen molar-refractivity contribution in [2.45, 2.75) is 31.6 Å². The number of hydrazone groups is 1. The Labute approximate surface area is 196 Å². The minimum Gasteiger partial charge on any atom is -0.478 e. The van der Waals surface area contributed by atoms with Gasteiger partial charge in [-0.05, 0) is 59.9 Å². The van der Waals surface area contributed by atoms with E-state index in [1.807, 2.05) is 0 Å². The monoisotopic (exact) mass is 484 g/mol. The molecule has 0 heterocycles. The summed E-state index contributed by atoms with van der Waals surface area (Å²) < 4.78 is 27.8. The molecule has 0 saturated heterocycles. The molecule has 0 aliphatic heterocycles. The summed E-state index contributed by atoms with van der Waals surface area (Å²) in [5.74, 6) is -0.232. The number of nitrogens with one attached hydrogen (secondary N) is 2. The number of allylic oxidation sites excluding steroid dienone is 2. The summed E-state index contributed by atoms with van der Waals surface area (Å²) in [7, 11) is -4.29. The van der Waals surface area contributed by atoms with Crippen LogP contribution in [0.25, 0.3) is 0 Å². The number of hydrogen-bond donors (Lipinski definition) is 3. The fourth-order valence-electron chi connectivity index (χ4n) is 4.61. The number of nitrogens with zero attached hydrogens (tertiary/aromatic N) is 2. The second kappa shape index (κ2) is 8.56. The van der Waals surface area contributed by atoms with Crippen molar-refractivity contribution in [1.29, 1.82) is 0 Å². The number of sulfonamides is 1. The van der Waals surface area contributed by atoms with E-state index < -0.39 is 26.6 Å². The van der Waals surface area contributed by atoms with Crippen LogP contribution in [0.1, 0.15) is 37.0 Å². The van der Waals surface area contributed by atoms with Gasteiger partial charge in [0.15, 0.2) is 0 Å². The minimum atomic E-state index is -4.29. The first-order valence-electron chi connectivity index (χ1n) is 10.6. The molecule has 1 saturated carbocycles. The van der Waals surface area contributed by atoms with Crippen LogP contribution in [0, 0.1) is 27.4 Å². The molecule has 2 unspecified atom stereocenters. The number of aromatic carboxylic acids is 1. The number of hydrogen-bond acceptors (Lipinski definition) is 7. The third kappa shape index (κ3) is 4.26. The number of benzene rings is 2. The molecular formula is C23H24N4O6S. The maximum Gasteiger partial charge on any atom is 0.337 e. The molecule has 1 fully saturated rings. The zero-order valence-electron chi connectivity index (χ0n) is 18.6. The van der Waals surface area contributed by atoms with Crippen molar-refractivity contribution in [3.8, 4) is 0 Å². The van der Waals surface area contributed by atoms with Crippen LogP contribution >= 0.6 is 0 Å². The van der Waals surface area contributed by atoms with Crippen LogP contribution in [0.4, 0.5) is 17.1 Å². The van der Waals surface area contributed by atoms with Crippen LogP contribution in [0.2, 0.25) is 0 Å². The summed E-state index contributed by atoms with van der Waals surface area (Å²) in [5.41, 5.74) is 3.12. The fourth-order valence-corrected chi connectivity index (χ4v) is 5.71. The van der Waals surface area contributed by atoms with Crippen molar-refractivity contribution in [2.75, 3.05) is 10.1 Å². The minimum absolute atomic E-state index is 0.0355. The van der Waals surface area contributed by atoms with E-state index in [-0.39, 0.29) is 27.2 Å². The quantitative estimate of drug-likeness (QED) is 0.284. The maximum atomic E-state index is 12.8. The summed E-state index contributed by atoms with van der Waals surface area (Å²) in [6.45, 7) is 4.46. The van der Waals surface area contributed by atoms with Gasteiger partial charge in [-0.25, -0.2) is 13.2 Å². The van der Waals surface area contributed by atoms with Crippen molar-refractivity contribution in [1.82, 2.24) is 0 Å². The highest BCUT2D eigenvalue weighted by atomic mass is 32.2. The Morgan fingerprint density at radius 1 is 1.24 bits per heavy atom. The molecule has 3 aliphatic rings. The zero-order chi connectivity index (χ0) is 24.7. The Balaban J connectivity index is 1.55. The highest BCUT2D eigenvalue weighted by molar-refractivity contribution is 7.92. The van der Waals surface area contributed by atoms with Crippen molar-refractivity contribution >= 4 is 39.3 Å². The van der Waals surface area contributed by atoms with Crippen LogP contribution in [-0.2, 0) is 10.0 Å². The van der Waals surface area contributed by atoms with Gasteiger partial charge in [-0.3, -0.25) is 20.3 Å². The van der Waals surface area contributed by atoms with E-state index in [0.717, 1.165) is 24.5 Å². The van der Waals surface area contributed by atoms with Crippen molar-refractivity contribution in [3.63, 3.8) is 0 Å². The van der Waals surface area contributed by atoms with E-state index in [2.05, 4.69) is 35.2 Å². The lowest BCUT2D eigenvalue weighted by Crippen LogP contribution is -2.48. The largest absolute Gasteiger partial charge is 0.478 e. The third-order valence-electron chi connectivity index (χ3n) is 6.79. The Bertz CT molecular complexity index is 1330. The van der Waals surface area contributed by atoms with Gasteiger partial charge in [0.05, 0.1) is 27.3 Å². The smallest absolute Gasteiger partial charge is 0.337 e. The van der Waals surface area contributed by atoms with Gasteiger partial charge < -0.3 is 5.11 Å². The molecule has 2 atom stereocenters. The van der Waals surface area contributed by atoms with Crippen molar-refractivity contribution < 1.29 is 23.2 Å². The average Bonchev–Trinajstić information content (AvgIpc) is 2.79. The lowest BCUT2D eigenvalue weighted by Gasteiger charge is -2.55. The first-order chi connectivity index (χ1) is 16.0. The van der Waals surface area contributed by atoms with Crippen LogP contribution < -0.4 is 10.1 Å². The first kappa shape index (κ1) is 23.4. The fraction of sp³-hybridized carbons (Fsp3) is 0.304. The van der Waals surface area contributed by atoms with Crippen LogP contribution in [0.3, 0.4) is 0 Å². The van der Waals surface area contributed by atoms with E-state index in [0.29, 0.717) is 11.8 Å². The molecule has 0 spiro atoms.